The number of hydrogen-bond acceptors (Lipinski definition) is 8. The van der Waals surface area contributed by atoms with Crippen molar-refractivity contribution in [2.75, 3.05) is 38.2 Å². The van der Waals surface area contributed by atoms with Crippen LogP contribution in [-0.2, 0) is 15.6 Å². The Hall–Kier alpha value is -2.66. The van der Waals surface area contributed by atoms with Gasteiger partial charge in [-0.05, 0) is 62.0 Å². The summed E-state index contributed by atoms with van der Waals surface area (Å²) in [6.07, 6.45) is 9.07. The second kappa shape index (κ2) is 10.6. The van der Waals surface area contributed by atoms with Crippen molar-refractivity contribution in [3.63, 3.8) is 0 Å². The topological polar surface area (TPSA) is 109 Å². The maximum absolute atomic E-state index is 13.7. The monoisotopic (exact) mass is 547 g/mol. The van der Waals surface area contributed by atoms with Crippen molar-refractivity contribution in [3.05, 3.63) is 53.6 Å². The lowest BCUT2D eigenvalue weighted by atomic mass is 10.1. The van der Waals surface area contributed by atoms with Gasteiger partial charge < -0.3 is 9.47 Å². The van der Waals surface area contributed by atoms with Gasteiger partial charge in [0.05, 0.1) is 19.5 Å². The van der Waals surface area contributed by atoms with Gasteiger partial charge in [-0.25, -0.2) is 28.4 Å². The van der Waals surface area contributed by atoms with Gasteiger partial charge in [-0.15, -0.1) is 10.2 Å². The fraction of sp³-hybridized carbons (Fsp3) is 0.538. The summed E-state index contributed by atoms with van der Waals surface area (Å²) in [5.41, 5.74) is 1.55. The van der Waals surface area contributed by atoms with E-state index in [1.165, 1.54) is 0 Å². The van der Waals surface area contributed by atoms with E-state index in [9.17, 15) is 8.42 Å². The van der Waals surface area contributed by atoms with Crippen LogP contribution < -0.4 is 9.47 Å². The highest BCUT2D eigenvalue weighted by Gasteiger charge is 2.36. The maximum atomic E-state index is 13.7. The molecule has 1 saturated heterocycles. The molecule has 3 atom stereocenters. The first-order chi connectivity index (χ1) is 17.5. The third-order valence-corrected chi connectivity index (χ3v) is 12.1. The molecule has 0 saturated carbocycles. The molecule has 1 aliphatic rings. The SMILES string of the molecule is COc1cccc(OC)c1-n1c(CS(=O)(=O)[C@@H](C)[C@H](C)c2ncc(C)cn2)nnc1[C@H]1CCS(C)(C)C1. The second-order valence-electron chi connectivity index (χ2n) is 10.4. The number of benzene rings is 1. The van der Waals surface area contributed by atoms with Gasteiger partial charge in [0.1, 0.15) is 34.6 Å². The van der Waals surface area contributed by atoms with Crippen molar-refractivity contribution in [1.82, 2.24) is 24.7 Å². The van der Waals surface area contributed by atoms with Crippen LogP contribution in [0.5, 0.6) is 11.5 Å². The van der Waals surface area contributed by atoms with E-state index in [1.54, 1.807) is 33.5 Å². The molecule has 2 aromatic heterocycles. The lowest BCUT2D eigenvalue weighted by molar-refractivity contribution is 0.389. The number of para-hydroxylation sites is 1. The Morgan fingerprint density at radius 2 is 1.70 bits per heavy atom. The predicted octanol–water partition coefficient (Wildman–Crippen LogP) is 4.04. The minimum atomic E-state index is -3.65. The largest absolute Gasteiger partial charge is 0.494 e. The number of aryl methyl sites for hydroxylation is 1. The van der Waals surface area contributed by atoms with Gasteiger partial charge >= 0.3 is 0 Å². The Morgan fingerprint density at radius 1 is 1.08 bits per heavy atom. The van der Waals surface area contributed by atoms with E-state index in [-0.39, 0.29) is 17.6 Å². The normalized spacial score (nSPS) is 19.8. The molecule has 0 amide bonds. The molecule has 1 fully saturated rings. The minimum Gasteiger partial charge on any atom is -0.494 e. The molecule has 0 radical (unpaired) electrons. The molecule has 202 valence electrons. The van der Waals surface area contributed by atoms with Crippen molar-refractivity contribution in [3.8, 4) is 17.2 Å². The summed E-state index contributed by atoms with van der Waals surface area (Å²) in [5, 5.41) is 8.30. The maximum Gasteiger partial charge on any atom is 0.160 e. The molecule has 0 N–H and O–H groups in total. The van der Waals surface area contributed by atoms with Crippen LogP contribution in [0.4, 0.5) is 0 Å². The highest BCUT2D eigenvalue weighted by atomic mass is 32.3. The van der Waals surface area contributed by atoms with Crippen molar-refractivity contribution in [2.45, 2.75) is 50.0 Å². The third kappa shape index (κ3) is 5.62. The van der Waals surface area contributed by atoms with Crippen LogP contribution in [0, 0.1) is 6.92 Å². The first-order valence-corrected chi connectivity index (χ1v) is 16.8. The number of hydrogen-bond donors (Lipinski definition) is 0. The zero-order valence-electron chi connectivity index (χ0n) is 22.6. The smallest absolute Gasteiger partial charge is 0.160 e. The van der Waals surface area contributed by atoms with Crippen LogP contribution in [0.1, 0.15) is 55.1 Å². The summed E-state index contributed by atoms with van der Waals surface area (Å²) < 4.78 is 40.7. The quantitative estimate of drug-likeness (QED) is 0.395. The molecule has 0 spiro atoms. The van der Waals surface area contributed by atoms with Gasteiger partial charge in [0.25, 0.3) is 0 Å². The average molecular weight is 548 g/mol. The second-order valence-corrected chi connectivity index (χ2v) is 17.0. The number of nitrogens with zero attached hydrogens (tertiary/aromatic N) is 5. The molecule has 3 aromatic rings. The van der Waals surface area contributed by atoms with E-state index in [4.69, 9.17) is 9.47 Å². The van der Waals surface area contributed by atoms with E-state index in [0.29, 0.717) is 28.8 Å². The molecule has 37 heavy (non-hydrogen) atoms. The molecule has 1 aliphatic heterocycles. The lowest BCUT2D eigenvalue weighted by Crippen LogP contribution is -2.27. The Balaban J connectivity index is 1.78. The van der Waals surface area contributed by atoms with Gasteiger partial charge in [-0.2, -0.15) is 0 Å². The summed E-state index contributed by atoms with van der Waals surface area (Å²) in [5.74, 6) is 4.43. The van der Waals surface area contributed by atoms with E-state index in [1.807, 2.05) is 36.6 Å². The van der Waals surface area contributed by atoms with Crippen LogP contribution in [0.25, 0.3) is 5.69 Å². The van der Waals surface area contributed by atoms with Crippen LogP contribution in [0.15, 0.2) is 30.6 Å². The summed E-state index contributed by atoms with van der Waals surface area (Å²) in [6, 6.07) is 5.52. The van der Waals surface area contributed by atoms with Gasteiger partial charge in [0.15, 0.2) is 15.7 Å². The van der Waals surface area contributed by atoms with E-state index < -0.39 is 25.1 Å². The Bertz CT molecular complexity index is 1330. The Morgan fingerprint density at radius 3 is 2.24 bits per heavy atom. The summed E-state index contributed by atoms with van der Waals surface area (Å²) in [7, 11) is -1.21. The number of rotatable bonds is 9. The Labute approximate surface area is 221 Å². The zero-order valence-corrected chi connectivity index (χ0v) is 24.3. The number of aromatic nitrogens is 5. The number of sulfone groups is 1. The van der Waals surface area contributed by atoms with Crippen molar-refractivity contribution in [1.29, 1.82) is 0 Å². The average Bonchev–Trinajstić information content (AvgIpc) is 3.44. The molecular formula is C26H37N5O4S2. The summed E-state index contributed by atoms with van der Waals surface area (Å²) in [4.78, 5) is 8.72. The van der Waals surface area contributed by atoms with Crippen LogP contribution in [0.2, 0.25) is 0 Å². The Kier molecular flexibility index (Phi) is 7.85. The minimum absolute atomic E-state index is 0.181. The van der Waals surface area contributed by atoms with Crippen molar-refractivity contribution >= 4 is 19.9 Å². The number of ether oxygens (including phenoxy) is 2. The van der Waals surface area contributed by atoms with Gasteiger partial charge in [-0.3, -0.25) is 4.57 Å². The van der Waals surface area contributed by atoms with E-state index >= 15 is 0 Å². The standard InChI is InChI=1S/C26H37N5O4S2/c1-17-13-27-25(28-14-17)18(2)19(3)37(32,33)16-23-29-30-26(20-11-12-36(6,7)15-20)31(23)24-21(34-4)9-8-10-22(24)35-5/h8-10,13-14,18-20H,11-12,15-16H2,1-7H3/t18-,19-,20-/m0/s1. The molecular weight excluding hydrogens is 510 g/mol. The van der Waals surface area contributed by atoms with Gasteiger partial charge in [0, 0.05) is 24.2 Å². The van der Waals surface area contributed by atoms with Crippen LogP contribution >= 0.6 is 10.0 Å². The first kappa shape index (κ1) is 27.4. The summed E-state index contributed by atoms with van der Waals surface area (Å²) in [6.45, 7) is 5.45. The van der Waals surface area contributed by atoms with E-state index in [2.05, 4.69) is 32.7 Å². The molecule has 0 unspecified atom stereocenters. The highest BCUT2D eigenvalue weighted by molar-refractivity contribution is 8.32. The fourth-order valence-corrected chi connectivity index (χ4v) is 8.88. The van der Waals surface area contributed by atoms with Crippen LogP contribution in [-0.4, -0.2) is 76.6 Å². The molecule has 0 bridgehead atoms. The lowest BCUT2D eigenvalue weighted by Gasteiger charge is -2.25. The molecule has 4 rings (SSSR count). The molecule has 1 aromatic carbocycles. The van der Waals surface area contributed by atoms with Crippen molar-refractivity contribution in [2.24, 2.45) is 0 Å². The first-order valence-electron chi connectivity index (χ1n) is 12.3. The van der Waals surface area contributed by atoms with Crippen LogP contribution in [0.3, 0.4) is 0 Å². The number of methoxy groups -OCH3 is 2. The molecule has 9 nitrogen and oxygen atoms in total. The highest BCUT2D eigenvalue weighted by Crippen LogP contribution is 2.53. The fourth-order valence-electron chi connectivity index (χ4n) is 4.83. The zero-order chi connectivity index (χ0) is 27.0. The molecule has 3 heterocycles. The molecule has 11 heteroatoms. The third-order valence-electron chi connectivity index (χ3n) is 7.23. The van der Waals surface area contributed by atoms with Crippen molar-refractivity contribution < 1.29 is 17.9 Å². The summed E-state index contributed by atoms with van der Waals surface area (Å²) >= 11 is 0. The van der Waals surface area contributed by atoms with E-state index in [0.717, 1.165) is 29.3 Å². The predicted molar refractivity (Wildman–Crippen MR) is 148 cm³/mol. The van der Waals surface area contributed by atoms with Gasteiger partial charge in [0.2, 0.25) is 0 Å². The molecule has 0 aliphatic carbocycles. The van der Waals surface area contributed by atoms with Gasteiger partial charge in [-0.1, -0.05) is 13.0 Å².